The molecule has 2 heteroatoms. The van der Waals surface area contributed by atoms with E-state index < -0.39 is 0 Å². The van der Waals surface area contributed by atoms with Crippen LogP contribution in [0, 0.1) is 12.3 Å². The Balaban J connectivity index is 2.42. The van der Waals surface area contributed by atoms with Crippen LogP contribution in [0.5, 0.6) is 0 Å². The Morgan fingerprint density at radius 3 is 3.00 bits per heavy atom. The first kappa shape index (κ1) is 11.7. The van der Waals surface area contributed by atoms with Crippen LogP contribution in [0.25, 0.3) is 0 Å². The third kappa shape index (κ3) is 4.14. The smallest absolute Gasteiger partial charge is 0.0300 e. The second-order valence-electron chi connectivity index (χ2n) is 3.85. The molecule has 0 unspecified atom stereocenters. The van der Waals surface area contributed by atoms with Crippen molar-refractivity contribution in [3.8, 4) is 12.3 Å². The maximum absolute atomic E-state index is 5.24. The Labute approximate surface area is 92.3 Å². The summed E-state index contributed by atoms with van der Waals surface area (Å²) in [6, 6.07) is 4.59. The van der Waals surface area contributed by atoms with Crippen molar-refractivity contribution in [1.29, 1.82) is 0 Å². The molecule has 0 radical (unpaired) electrons. The number of aromatic nitrogens is 1. The highest BCUT2D eigenvalue weighted by Gasteiger charge is 2.08. The Kier molecular flexibility index (Phi) is 4.86. The van der Waals surface area contributed by atoms with Gasteiger partial charge in [-0.05, 0) is 32.0 Å². The molecule has 0 aliphatic heterocycles. The third-order valence-corrected chi connectivity index (χ3v) is 2.62. The second-order valence-corrected chi connectivity index (χ2v) is 3.85. The lowest BCUT2D eigenvalue weighted by molar-refractivity contribution is 0.262. The minimum atomic E-state index is 0.502. The number of terminal acetylenes is 1. The molecule has 0 aliphatic rings. The van der Waals surface area contributed by atoms with E-state index in [0.717, 1.165) is 19.4 Å². The van der Waals surface area contributed by atoms with Crippen molar-refractivity contribution in [3.05, 3.63) is 30.1 Å². The van der Waals surface area contributed by atoms with Crippen LogP contribution in [-0.2, 0) is 6.42 Å². The van der Waals surface area contributed by atoms with Gasteiger partial charge < -0.3 is 4.90 Å². The zero-order chi connectivity index (χ0) is 11.1. The minimum absolute atomic E-state index is 0.502. The van der Waals surface area contributed by atoms with Crippen molar-refractivity contribution >= 4 is 0 Å². The summed E-state index contributed by atoms with van der Waals surface area (Å²) in [7, 11) is 2.11. The summed E-state index contributed by atoms with van der Waals surface area (Å²) in [5.74, 6) is 2.66. The molecule has 1 heterocycles. The number of pyridine rings is 1. The van der Waals surface area contributed by atoms with Gasteiger partial charge in [-0.1, -0.05) is 6.07 Å². The summed E-state index contributed by atoms with van der Waals surface area (Å²) in [6.45, 7) is 3.17. The molecule has 80 valence electrons. The molecular formula is C13H18N2. The van der Waals surface area contributed by atoms with Gasteiger partial charge in [0.25, 0.3) is 0 Å². The van der Waals surface area contributed by atoms with Crippen molar-refractivity contribution in [2.24, 2.45) is 0 Å². The standard InChI is InChI=1S/C13H18N2/c1-4-5-9-15(3)12(2)10-13-7-6-8-14-11-13/h1,6-8,11-12H,5,9-10H2,2-3H3/t12-/m0/s1. The van der Waals surface area contributed by atoms with Gasteiger partial charge in [-0.3, -0.25) is 4.98 Å². The molecule has 0 bridgehead atoms. The molecule has 2 nitrogen and oxygen atoms in total. The molecule has 0 aromatic carbocycles. The van der Waals surface area contributed by atoms with E-state index in [-0.39, 0.29) is 0 Å². The summed E-state index contributed by atoms with van der Waals surface area (Å²) in [6.07, 6.45) is 10.8. The predicted octanol–water partition coefficient (Wildman–Crippen LogP) is 1.97. The molecule has 0 fully saturated rings. The van der Waals surface area contributed by atoms with E-state index in [4.69, 9.17) is 6.42 Å². The van der Waals surface area contributed by atoms with Crippen molar-refractivity contribution in [2.75, 3.05) is 13.6 Å². The van der Waals surface area contributed by atoms with Gasteiger partial charge in [0.1, 0.15) is 0 Å². The summed E-state index contributed by atoms with van der Waals surface area (Å²) in [5.41, 5.74) is 1.28. The van der Waals surface area contributed by atoms with Crippen LogP contribution in [0.2, 0.25) is 0 Å². The van der Waals surface area contributed by atoms with Crippen molar-refractivity contribution in [2.45, 2.75) is 25.8 Å². The number of likely N-dealkylation sites (N-methyl/N-ethyl adjacent to an activating group) is 1. The molecular weight excluding hydrogens is 184 g/mol. The van der Waals surface area contributed by atoms with Crippen LogP contribution in [0.1, 0.15) is 18.9 Å². The van der Waals surface area contributed by atoms with Gasteiger partial charge in [-0.15, -0.1) is 12.3 Å². The number of hydrogen-bond acceptors (Lipinski definition) is 2. The van der Waals surface area contributed by atoms with Crippen molar-refractivity contribution < 1.29 is 0 Å². The Morgan fingerprint density at radius 2 is 2.40 bits per heavy atom. The average molecular weight is 202 g/mol. The fraction of sp³-hybridized carbons (Fsp3) is 0.462. The Hall–Kier alpha value is -1.33. The fourth-order valence-corrected chi connectivity index (χ4v) is 1.48. The summed E-state index contributed by atoms with van der Waals surface area (Å²) >= 11 is 0. The predicted molar refractivity (Wildman–Crippen MR) is 63.5 cm³/mol. The van der Waals surface area contributed by atoms with E-state index in [2.05, 4.69) is 35.8 Å². The number of hydrogen-bond donors (Lipinski definition) is 0. The average Bonchev–Trinajstić information content (AvgIpc) is 2.27. The molecule has 0 spiro atoms. The lowest BCUT2D eigenvalue weighted by Crippen LogP contribution is -2.31. The molecule has 1 rings (SSSR count). The first-order chi connectivity index (χ1) is 7.24. The van der Waals surface area contributed by atoms with Crippen LogP contribution < -0.4 is 0 Å². The van der Waals surface area contributed by atoms with Crippen LogP contribution in [0.4, 0.5) is 0 Å². The highest BCUT2D eigenvalue weighted by atomic mass is 15.1. The second kappa shape index (κ2) is 6.21. The van der Waals surface area contributed by atoms with Crippen molar-refractivity contribution in [1.82, 2.24) is 9.88 Å². The van der Waals surface area contributed by atoms with Crippen LogP contribution in [0.15, 0.2) is 24.5 Å². The monoisotopic (exact) mass is 202 g/mol. The first-order valence-electron chi connectivity index (χ1n) is 5.26. The fourth-order valence-electron chi connectivity index (χ4n) is 1.48. The highest BCUT2D eigenvalue weighted by Crippen LogP contribution is 2.06. The third-order valence-electron chi connectivity index (χ3n) is 2.62. The van der Waals surface area contributed by atoms with Gasteiger partial charge in [0.05, 0.1) is 0 Å². The van der Waals surface area contributed by atoms with Crippen LogP contribution in [0.3, 0.4) is 0 Å². The Morgan fingerprint density at radius 1 is 1.60 bits per heavy atom. The van der Waals surface area contributed by atoms with Gasteiger partial charge in [-0.2, -0.15) is 0 Å². The molecule has 0 N–H and O–H groups in total. The van der Waals surface area contributed by atoms with Gasteiger partial charge in [0.15, 0.2) is 0 Å². The maximum atomic E-state index is 5.24. The zero-order valence-electron chi connectivity index (χ0n) is 9.48. The summed E-state index contributed by atoms with van der Waals surface area (Å²) < 4.78 is 0. The van der Waals surface area contributed by atoms with E-state index in [9.17, 15) is 0 Å². The quantitative estimate of drug-likeness (QED) is 0.679. The van der Waals surface area contributed by atoms with Gasteiger partial charge in [0.2, 0.25) is 0 Å². The molecule has 0 aliphatic carbocycles. The SMILES string of the molecule is C#CCCN(C)[C@@H](C)Cc1cccnc1. The van der Waals surface area contributed by atoms with E-state index in [0.29, 0.717) is 6.04 Å². The van der Waals surface area contributed by atoms with E-state index in [1.807, 2.05) is 12.3 Å². The molecule has 0 saturated carbocycles. The number of nitrogens with zero attached hydrogens (tertiary/aromatic N) is 2. The normalized spacial score (nSPS) is 12.4. The molecule has 0 saturated heterocycles. The van der Waals surface area contributed by atoms with Crippen LogP contribution >= 0.6 is 0 Å². The maximum Gasteiger partial charge on any atom is 0.0300 e. The Bertz CT molecular complexity index is 313. The van der Waals surface area contributed by atoms with E-state index in [1.165, 1.54) is 5.56 Å². The van der Waals surface area contributed by atoms with E-state index in [1.54, 1.807) is 6.20 Å². The molecule has 1 aromatic rings. The molecule has 15 heavy (non-hydrogen) atoms. The summed E-state index contributed by atoms with van der Waals surface area (Å²) in [4.78, 5) is 6.39. The summed E-state index contributed by atoms with van der Waals surface area (Å²) in [5, 5.41) is 0. The number of rotatable bonds is 5. The van der Waals surface area contributed by atoms with Crippen LogP contribution in [-0.4, -0.2) is 29.5 Å². The molecule has 1 atom stereocenters. The topological polar surface area (TPSA) is 16.1 Å². The first-order valence-corrected chi connectivity index (χ1v) is 5.26. The van der Waals surface area contributed by atoms with E-state index >= 15 is 0 Å². The lowest BCUT2D eigenvalue weighted by Gasteiger charge is -2.23. The van der Waals surface area contributed by atoms with Gasteiger partial charge in [0, 0.05) is 31.4 Å². The van der Waals surface area contributed by atoms with Gasteiger partial charge >= 0.3 is 0 Å². The molecule has 1 aromatic heterocycles. The highest BCUT2D eigenvalue weighted by molar-refractivity contribution is 5.09. The van der Waals surface area contributed by atoms with Gasteiger partial charge in [-0.25, -0.2) is 0 Å². The minimum Gasteiger partial charge on any atom is -0.302 e. The largest absolute Gasteiger partial charge is 0.302 e. The van der Waals surface area contributed by atoms with Crippen molar-refractivity contribution in [3.63, 3.8) is 0 Å². The molecule has 0 amide bonds. The zero-order valence-corrected chi connectivity index (χ0v) is 9.48. The lowest BCUT2D eigenvalue weighted by atomic mass is 10.1.